The van der Waals surface area contributed by atoms with Crippen molar-refractivity contribution in [3.8, 4) is 0 Å². The van der Waals surface area contributed by atoms with Crippen LogP contribution in [0.4, 0.5) is 9.93 Å². The number of nitrogens with zero attached hydrogens (tertiary/aromatic N) is 1. The number of rotatable bonds is 4. The number of aromatic nitrogens is 1. The Balaban J connectivity index is 2.57. The fourth-order valence-corrected chi connectivity index (χ4v) is 1.81. The summed E-state index contributed by atoms with van der Waals surface area (Å²) in [6.07, 6.45) is 0. The van der Waals surface area contributed by atoms with Gasteiger partial charge in [0.1, 0.15) is 0 Å². The zero-order chi connectivity index (χ0) is 13.0. The van der Waals surface area contributed by atoms with Gasteiger partial charge in [0.05, 0.1) is 12.3 Å². The maximum atomic E-state index is 11.4. The van der Waals surface area contributed by atoms with Gasteiger partial charge in [-0.2, -0.15) is 0 Å². The van der Waals surface area contributed by atoms with Gasteiger partial charge in [-0.15, -0.1) is 11.3 Å². The molecule has 0 unspecified atom stereocenters. The highest BCUT2D eigenvalue weighted by atomic mass is 32.1. The van der Waals surface area contributed by atoms with Crippen LogP contribution >= 0.6 is 11.3 Å². The van der Waals surface area contributed by atoms with Gasteiger partial charge in [0, 0.05) is 4.88 Å². The molecule has 7 nitrogen and oxygen atoms in total. The van der Waals surface area contributed by atoms with E-state index in [0.717, 1.165) is 10.6 Å². The molecule has 8 heteroatoms. The first-order chi connectivity index (χ1) is 7.93. The van der Waals surface area contributed by atoms with E-state index in [1.165, 1.54) is 11.3 Å². The average molecular weight is 259 g/mol. The van der Waals surface area contributed by atoms with Gasteiger partial charge >= 0.3 is 12.0 Å². The summed E-state index contributed by atoms with van der Waals surface area (Å²) in [5.74, 6) is -1.30. The second-order valence-corrected chi connectivity index (χ2v) is 4.54. The zero-order valence-electron chi connectivity index (χ0n) is 9.35. The van der Waals surface area contributed by atoms with Crippen LogP contribution in [0.15, 0.2) is 0 Å². The molecule has 0 saturated heterocycles. The molecule has 17 heavy (non-hydrogen) atoms. The fourth-order valence-electron chi connectivity index (χ4n) is 1.00. The second kappa shape index (κ2) is 5.60. The topological polar surface area (TPSA) is 112 Å². The molecule has 0 radical (unpaired) electrons. The van der Waals surface area contributed by atoms with E-state index in [1.807, 2.05) is 13.8 Å². The van der Waals surface area contributed by atoms with E-state index >= 15 is 0 Å². The minimum atomic E-state index is -1.32. The number of amides is 2. The van der Waals surface area contributed by atoms with Gasteiger partial charge in [-0.3, -0.25) is 5.32 Å². The Bertz CT molecular complexity index is 412. The Morgan fingerprint density at radius 1 is 1.47 bits per heavy atom. The second-order valence-electron chi connectivity index (χ2n) is 3.33. The summed E-state index contributed by atoms with van der Waals surface area (Å²) in [6.45, 7) is 3.01. The van der Waals surface area contributed by atoms with E-state index in [1.54, 1.807) is 0 Å². The highest BCUT2D eigenvalue weighted by Crippen LogP contribution is 2.20. The van der Waals surface area contributed by atoms with Gasteiger partial charge in [0.15, 0.2) is 11.2 Å². The minimum Gasteiger partial charge on any atom is -0.480 e. The molecule has 0 fully saturated rings. The van der Waals surface area contributed by atoms with Crippen LogP contribution in [-0.4, -0.2) is 39.8 Å². The van der Waals surface area contributed by atoms with Gasteiger partial charge in [-0.05, 0) is 13.8 Å². The van der Waals surface area contributed by atoms with Gasteiger partial charge in [0.25, 0.3) is 0 Å². The van der Waals surface area contributed by atoms with E-state index in [2.05, 4.69) is 15.6 Å². The van der Waals surface area contributed by atoms with E-state index in [0.29, 0.717) is 5.13 Å². The van der Waals surface area contributed by atoms with Crippen LogP contribution in [0.3, 0.4) is 0 Å². The number of urea groups is 1. The first kappa shape index (κ1) is 13.4. The van der Waals surface area contributed by atoms with Crippen LogP contribution < -0.4 is 10.6 Å². The smallest absolute Gasteiger partial charge is 0.328 e. The SMILES string of the molecule is Cc1nc(NC(=O)N[C@@H](CO)C(=O)O)sc1C. The number of aliphatic hydroxyl groups excluding tert-OH is 1. The zero-order valence-corrected chi connectivity index (χ0v) is 10.2. The third-order valence-corrected chi connectivity index (χ3v) is 3.02. The number of anilines is 1. The van der Waals surface area contributed by atoms with Crippen LogP contribution in [0.2, 0.25) is 0 Å². The molecule has 1 heterocycles. The molecule has 94 valence electrons. The van der Waals surface area contributed by atoms with Crippen molar-refractivity contribution in [2.75, 3.05) is 11.9 Å². The molecule has 0 bridgehead atoms. The van der Waals surface area contributed by atoms with Crippen LogP contribution in [0.1, 0.15) is 10.6 Å². The first-order valence-electron chi connectivity index (χ1n) is 4.79. The Labute approximate surface area is 101 Å². The number of carbonyl (C=O) groups is 2. The molecule has 0 saturated carbocycles. The van der Waals surface area contributed by atoms with Crippen LogP contribution in [0, 0.1) is 13.8 Å². The molecule has 1 rings (SSSR count). The molecule has 0 aliphatic heterocycles. The number of aliphatic carboxylic acids is 1. The Morgan fingerprint density at radius 3 is 2.53 bits per heavy atom. The van der Waals surface area contributed by atoms with Crippen molar-refractivity contribution in [2.45, 2.75) is 19.9 Å². The van der Waals surface area contributed by atoms with Crippen molar-refractivity contribution in [1.82, 2.24) is 10.3 Å². The third-order valence-electron chi connectivity index (χ3n) is 2.03. The number of carboxylic acid groups (broad SMARTS) is 1. The van der Waals surface area contributed by atoms with Crippen LogP contribution in [0.25, 0.3) is 0 Å². The molecule has 1 aromatic rings. The quantitative estimate of drug-likeness (QED) is 0.622. The van der Waals surface area contributed by atoms with Crippen molar-refractivity contribution in [2.24, 2.45) is 0 Å². The summed E-state index contributed by atoms with van der Waals surface area (Å²) in [4.78, 5) is 27.0. The molecule has 1 atom stereocenters. The number of aliphatic hydroxyl groups is 1. The molecule has 2 amide bonds. The highest BCUT2D eigenvalue weighted by Gasteiger charge is 2.19. The van der Waals surface area contributed by atoms with Crippen LogP contribution in [0.5, 0.6) is 0 Å². The summed E-state index contributed by atoms with van der Waals surface area (Å²) in [5.41, 5.74) is 0.808. The van der Waals surface area contributed by atoms with Crippen molar-refractivity contribution >= 4 is 28.5 Å². The molecule has 4 N–H and O–H groups in total. The lowest BCUT2D eigenvalue weighted by molar-refractivity contribution is -0.140. The number of carbonyl (C=O) groups excluding carboxylic acids is 1. The van der Waals surface area contributed by atoms with Gasteiger partial charge < -0.3 is 15.5 Å². The monoisotopic (exact) mass is 259 g/mol. The van der Waals surface area contributed by atoms with Crippen molar-refractivity contribution in [1.29, 1.82) is 0 Å². The van der Waals surface area contributed by atoms with Gasteiger partial charge in [-0.1, -0.05) is 0 Å². The molecule has 0 spiro atoms. The summed E-state index contributed by atoms with van der Waals surface area (Å²) >= 11 is 1.29. The number of hydrogen-bond acceptors (Lipinski definition) is 5. The number of hydrogen-bond donors (Lipinski definition) is 4. The summed E-state index contributed by atoms with van der Waals surface area (Å²) < 4.78 is 0. The summed E-state index contributed by atoms with van der Waals surface area (Å²) in [7, 11) is 0. The minimum absolute atomic E-state index is 0.388. The van der Waals surface area contributed by atoms with Crippen LogP contribution in [-0.2, 0) is 4.79 Å². The van der Waals surface area contributed by atoms with Gasteiger partial charge in [0.2, 0.25) is 0 Å². The lowest BCUT2D eigenvalue weighted by atomic mass is 10.3. The van der Waals surface area contributed by atoms with E-state index < -0.39 is 24.6 Å². The van der Waals surface area contributed by atoms with E-state index in [9.17, 15) is 9.59 Å². The molecule has 0 aromatic carbocycles. The first-order valence-corrected chi connectivity index (χ1v) is 5.61. The Hall–Kier alpha value is -1.67. The number of carboxylic acids is 1. The average Bonchev–Trinajstić information content (AvgIpc) is 2.54. The summed E-state index contributed by atoms with van der Waals surface area (Å²) in [6, 6.07) is -2.03. The van der Waals surface area contributed by atoms with Crippen molar-refractivity contribution < 1.29 is 19.8 Å². The van der Waals surface area contributed by atoms with Gasteiger partial charge in [-0.25, -0.2) is 14.6 Å². The normalized spacial score (nSPS) is 11.9. The molecular formula is C9H13N3O4S. The predicted molar refractivity (Wildman–Crippen MR) is 62.3 cm³/mol. The maximum absolute atomic E-state index is 11.4. The molecule has 0 aliphatic rings. The third kappa shape index (κ3) is 3.68. The standard InChI is InChI=1S/C9H13N3O4S/c1-4-5(2)17-9(10-4)12-8(16)11-6(3-13)7(14)15/h6,13H,3H2,1-2H3,(H,14,15)(H2,10,11,12,16)/t6-/m0/s1. The summed E-state index contributed by atoms with van der Waals surface area (Å²) in [5, 5.41) is 22.2. The van der Waals surface area contributed by atoms with Crippen molar-refractivity contribution in [3.05, 3.63) is 10.6 Å². The predicted octanol–water partition coefficient (Wildman–Crippen LogP) is 0.327. The largest absolute Gasteiger partial charge is 0.480 e. The number of aryl methyl sites for hydroxylation is 2. The fraction of sp³-hybridized carbons (Fsp3) is 0.444. The molecule has 1 aromatic heterocycles. The lowest BCUT2D eigenvalue weighted by Gasteiger charge is -2.11. The Kier molecular flexibility index (Phi) is 4.41. The highest BCUT2D eigenvalue weighted by molar-refractivity contribution is 7.15. The maximum Gasteiger partial charge on any atom is 0.328 e. The number of thiazole rings is 1. The van der Waals surface area contributed by atoms with E-state index in [-0.39, 0.29) is 0 Å². The van der Waals surface area contributed by atoms with Crippen molar-refractivity contribution in [3.63, 3.8) is 0 Å². The number of nitrogens with one attached hydrogen (secondary N) is 2. The lowest BCUT2D eigenvalue weighted by Crippen LogP contribution is -2.45. The Morgan fingerprint density at radius 2 is 2.12 bits per heavy atom. The molecular weight excluding hydrogens is 246 g/mol. The van der Waals surface area contributed by atoms with E-state index in [4.69, 9.17) is 10.2 Å². The molecule has 0 aliphatic carbocycles.